The highest BCUT2D eigenvalue weighted by atomic mass is 35.5. The van der Waals surface area contributed by atoms with Crippen molar-refractivity contribution in [2.75, 3.05) is 22.6 Å². The van der Waals surface area contributed by atoms with Crippen molar-refractivity contribution in [3.63, 3.8) is 0 Å². The molecule has 1 heterocycles. The molecule has 11 heteroatoms. The topological polar surface area (TPSA) is 87.7 Å². The molecule has 3 aromatic carbocycles. The van der Waals surface area contributed by atoms with Crippen molar-refractivity contribution in [1.29, 1.82) is 0 Å². The quantitative estimate of drug-likeness (QED) is 0.399. The normalized spacial score (nSPS) is 13.7. The first-order valence-electron chi connectivity index (χ1n) is 10.8. The van der Waals surface area contributed by atoms with E-state index in [1.807, 2.05) is 0 Å². The summed E-state index contributed by atoms with van der Waals surface area (Å²) >= 11 is 6.20. The van der Waals surface area contributed by atoms with Gasteiger partial charge in [0, 0.05) is 16.9 Å². The van der Waals surface area contributed by atoms with E-state index >= 15 is 0 Å². The molecule has 0 unspecified atom stereocenters. The lowest BCUT2D eigenvalue weighted by Gasteiger charge is -2.16. The monoisotopic (exact) mass is 529 g/mol. The zero-order valence-electron chi connectivity index (χ0n) is 19.4. The van der Waals surface area contributed by atoms with Gasteiger partial charge >= 0.3 is 6.18 Å². The van der Waals surface area contributed by atoms with Crippen LogP contribution in [0.3, 0.4) is 0 Å². The number of alkyl halides is 3. The summed E-state index contributed by atoms with van der Waals surface area (Å²) in [4.78, 5) is 39.5. The van der Waals surface area contributed by atoms with Crippen molar-refractivity contribution in [3.05, 3.63) is 94.1 Å². The van der Waals surface area contributed by atoms with Crippen LogP contribution >= 0.6 is 11.6 Å². The van der Waals surface area contributed by atoms with Gasteiger partial charge in [-0.05, 0) is 67.1 Å². The Kier molecular flexibility index (Phi) is 6.95. The third kappa shape index (κ3) is 5.29. The number of nitrogens with zero attached hydrogens (tertiary/aromatic N) is 1. The third-order valence-corrected chi connectivity index (χ3v) is 5.92. The molecule has 0 spiro atoms. The van der Waals surface area contributed by atoms with E-state index in [4.69, 9.17) is 16.3 Å². The SMILES string of the molecule is COc1ccc(N2C(=O)C(Cl)=C(Nc3cc(C(=O)Nc4cccc(C(F)(F)F)c4)ccc3C)C2=O)cc1. The van der Waals surface area contributed by atoms with E-state index < -0.39 is 29.5 Å². The minimum Gasteiger partial charge on any atom is -0.497 e. The summed E-state index contributed by atoms with van der Waals surface area (Å²) in [5.74, 6) is -1.55. The van der Waals surface area contributed by atoms with Gasteiger partial charge in [-0.1, -0.05) is 23.7 Å². The molecular formula is C26H19ClF3N3O4. The number of benzene rings is 3. The fraction of sp³-hybridized carbons (Fsp3) is 0.115. The Morgan fingerprint density at radius 1 is 0.973 bits per heavy atom. The van der Waals surface area contributed by atoms with Gasteiger partial charge in [-0.3, -0.25) is 14.4 Å². The average Bonchev–Trinajstić information content (AvgIpc) is 3.08. The van der Waals surface area contributed by atoms with Crippen molar-refractivity contribution in [1.82, 2.24) is 0 Å². The highest BCUT2D eigenvalue weighted by Crippen LogP contribution is 2.33. The second-order valence-electron chi connectivity index (χ2n) is 8.02. The van der Waals surface area contributed by atoms with Crippen LogP contribution in [0.2, 0.25) is 0 Å². The first-order valence-corrected chi connectivity index (χ1v) is 11.2. The number of carbonyl (C=O) groups is 3. The van der Waals surface area contributed by atoms with Gasteiger partial charge in [0.05, 0.1) is 18.4 Å². The molecule has 1 aliphatic rings. The maximum Gasteiger partial charge on any atom is 0.416 e. The van der Waals surface area contributed by atoms with Crippen LogP contribution < -0.4 is 20.3 Å². The molecule has 2 N–H and O–H groups in total. The number of ether oxygens (including phenoxy) is 1. The predicted octanol–water partition coefficient (Wildman–Crippen LogP) is 5.71. The van der Waals surface area contributed by atoms with Crippen LogP contribution in [-0.2, 0) is 15.8 Å². The molecule has 0 fully saturated rings. The van der Waals surface area contributed by atoms with Crippen LogP contribution in [-0.4, -0.2) is 24.8 Å². The molecular weight excluding hydrogens is 511 g/mol. The molecule has 1 aliphatic heterocycles. The number of aryl methyl sites for hydroxylation is 1. The van der Waals surface area contributed by atoms with Crippen LogP contribution in [0.1, 0.15) is 21.5 Å². The Morgan fingerprint density at radius 2 is 1.68 bits per heavy atom. The van der Waals surface area contributed by atoms with Gasteiger partial charge < -0.3 is 15.4 Å². The number of carbonyl (C=O) groups excluding carboxylic acids is 3. The third-order valence-electron chi connectivity index (χ3n) is 5.57. The molecule has 37 heavy (non-hydrogen) atoms. The second kappa shape index (κ2) is 9.98. The van der Waals surface area contributed by atoms with E-state index in [2.05, 4.69) is 10.6 Å². The van der Waals surface area contributed by atoms with Crippen LogP contribution in [0.15, 0.2) is 77.5 Å². The van der Waals surface area contributed by atoms with E-state index in [-0.39, 0.29) is 27.7 Å². The molecule has 7 nitrogen and oxygen atoms in total. The Hall–Kier alpha value is -4.31. The highest BCUT2D eigenvalue weighted by molar-refractivity contribution is 6.53. The summed E-state index contributed by atoms with van der Waals surface area (Å²) in [5, 5.41) is 4.93. The number of hydrogen-bond acceptors (Lipinski definition) is 5. The Morgan fingerprint density at radius 3 is 2.32 bits per heavy atom. The van der Waals surface area contributed by atoms with Gasteiger partial charge in [0.15, 0.2) is 0 Å². The molecule has 0 saturated carbocycles. The van der Waals surface area contributed by atoms with Crippen LogP contribution in [0, 0.1) is 6.92 Å². The fourth-order valence-corrected chi connectivity index (χ4v) is 3.80. The van der Waals surface area contributed by atoms with E-state index in [0.717, 1.165) is 17.0 Å². The van der Waals surface area contributed by atoms with Gasteiger partial charge in [0.25, 0.3) is 17.7 Å². The summed E-state index contributed by atoms with van der Waals surface area (Å²) in [6.45, 7) is 1.70. The molecule has 0 aliphatic carbocycles. The van der Waals surface area contributed by atoms with Gasteiger partial charge in [-0.25, -0.2) is 4.90 Å². The van der Waals surface area contributed by atoms with Crippen LogP contribution in [0.4, 0.5) is 30.2 Å². The van der Waals surface area contributed by atoms with Crippen molar-refractivity contribution >= 4 is 46.4 Å². The van der Waals surface area contributed by atoms with Crippen LogP contribution in [0.25, 0.3) is 0 Å². The minimum absolute atomic E-state index is 0.0348. The summed E-state index contributed by atoms with van der Waals surface area (Å²) in [6.07, 6.45) is -4.56. The van der Waals surface area contributed by atoms with Crippen molar-refractivity contribution in [3.8, 4) is 5.75 Å². The number of halogens is 4. The van der Waals surface area contributed by atoms with E-state index in [1.165, 1.54) is 43.5 Å². The van der Waals surface area contributed by atoms with Crippen molar-refractivity contribution < 1.29 is 32.3 Å². The Labute approximate surface area is 214 Å². The fourth-order valence-electron chi connectivity index (χ4n) is 3.59. The average molecular weight is 530 g/mol. The molecule has 0 radical (unpaired) electrons. The molecule has 190 valence electrons. The number of amides is 3. The smallest absolute Gasteiger partial charge is 0.416 e. The zero-order valence-corrected chi connectivity index (χ0v) is 20.2. The first kappa shape index (κ1) is 25.8. The predicted molar refractivity (Wildman–Crippen MR) is 133 cm³/mol. The lowest BCUT2D eigenvalue weighted by molar-refractivity contribution is -0.137. The van der Waals surface area contributed by atoms with Gasteiger partial charge in [-0.15, -0.1) is 0 Å². The lowest BCUT2D eigenvalue weighted by Crippen LogP contribution is -2.32. The van der Waals surface area contributed by atoms with Crippen LogP contribution in [0.5, 0.6) is 5.75 Å². The maximum absolute atomic E-state index is 13.1. The Balaban J connectivity index is 1.56. The van der Waals surface area contributed by atoms with Gasteiger partial charge in [0.2, 0.25) is 0 Å². The molecule has 3 aromatic rings. The van der Waals surface area contributed by atoms with E-state index in [1.54, 1.807) is 25.1 Å². The number of rotatable bonds is 6. The van der Waals surface area contributed by atoms with Crippen molar-refractivity contribution in [2.24, 2.45) is 0 Å². The number of nitrogens with one attached hydrogen (secondary N) is 2. The summed E-state index contributed by atoms with van der Waals surface area (Å²) < 4.78 is 44.0. The minimum atomic E-state index is -4.56. The lowest BCUT2D eigenvalue weighted by atomic mass is 10.1. The molecule has 3 amide bonds. The highest BCUT2D eigenvalue weighted by Gasteiger charge is 2.39. The number of anilines is 3. The standard InChI is InChI=1S/C26H19ClF3N3O4/c1-14-6-7-15(23(34)31-17-5-3-4-16(13-17)26(28,29)30)12-20(14)32-22-21(27)24(35)33(25(22)36)18-8-10-19(37-2)11-9-18/h3-13,32H,1-2H3,(H,31,34). The number of imide groups is 1. The van der Waals surface area contributed by atoms with E-state index in [9.17, 15) is 27.6 Å². The zero-order chi connectivity index (χ0) is 26.9. The largest absolute Gasteiger partial charge is 0.497 e. The Bertz CT molecular complexity index is 1440. The molecule has 4 rings (SSSR count). The van der Waals surface area contributed by atoms with E-state index in [0.29, 0.717) is 17.0 Å². The number of hydrogen-bond donors (Lipinski definition) is 2. The maximum atomic E-state index is 13.1. The first-order chi connectivity index (χ1) is 17.5. The second-order valence-corrected chi connectivity index (χ2v) is 8.40. The molecule has 0 saturated heterocycles. The molecule has 0 bridgehead atoms. The van der Waals surface area contributed by atoms with Gasteiger partial charge in [-0.2, -0.15) is 13.2 Å². The summed E-state index contributed by atoms with van der Waals surface area (Å²) in [6, 6.07) is 15.0. The molecule has 0 atom stereocenters. The molecule has 0 aromatic heterocycles. The van der Waals surface area contributed by atoms with Gasteiger partial charge in [0.1, 0.15) is 16.5 Å². The summed E-state index contributed by atoms with van der Waals surface area (Å²) in [5.41, 5.74) is 0.207. The summed E-state index contributed by atoms with van der Waals surface area (Å²) in [7, 11) is 1.48. The van der Waals surface area contributed by atoms with Crippen molar-refractivity contribution in [2.45, 2.75) is 13.1 Å². The number of methoxy groups -OCH3 is 1.